The zero-order chi connectivity index (χ0) is 19.2. The number of hydrogen-bond donors (Lipinski definition) is 2. The van der Waals surface area contributed by atoms with Gasteiger partial charge < -0.3 is 9.97 Å². The number of nitrogens with one attached hydrogen (secondary N) is 2. The summed E-state index contributed by atoms with van der Waals surface area (Å²) in [6.45, 7) is 8.28. The number of carbonyl (C=O) groups excluding carboxylic acids is 1. The minimum atomic E-state index is -0.370. The largest absolute Gasteiger partial charge is 0.357 e. The van der Waals surface area contributed by atoms with E-state index in [9.17, 15) is 4.79 Å². The Balaban J connectivity index is 2.12. The Hall–Kier alpha value is -2.78. The lowest BCUT2D eigenvalue weighted by molar-refractivity contribution is -0.111. The topological polar surface area (TPSA) is 48.6 Å². The minimum absolute atomic E-state index is 0.175. The molecule has 0 fully saturated rings. The van der Waals surface area contributed by atoms with Gasteiger partial charge >= 0.3 is 0 Å². The average Bonchev–Trinajstić information content (AvgIpc) is 3.20. The molecule has 136 valence electrons. The molecular formula is C23H21ClN2O. The second kappa shape index (κ2) is 6.43. The maximum Gasteiger partial charge on any atom is 0.226 e. The molecule has 0 atom stereocenters. The van der Waals surface area contributed by atoms with Gasteiger partial charge in [-0.2, -0.15) is 0 Å². The van der Waals surface area contributed by atoms with Crippen molar-refractivity contribution >= 4 is 38.6 Å². The average molecular weight is 377 g/mol. The van der Waals surface area contributed by atoms with Gasteiger partial charge in [0, 0.05) is 44.9 Å². The van der Waals surface area contributed by atoms with E-state index in [1.54, 1.807) is 0 Å². The van der Waals surface area contributed by atoms with Crippen molar-refractivity contribution in [2.75, 3.05) is 0 Å². The highest BCUT2D eigenvalue weighted by molar-refractivity contribution is 6.63. The fraction of sp³-hybridized carbons (Fsp3) is 0.174. The summed E-state index contributed by atoms with van der Waals surface area (Å²) >= 11 is 5.80. The van der Waals surface area contributed by atoms with E-state index in [2.05, 4.69) is 42.5 Å². The van der Waals surface area contributed by atoms with Gasteiger partial charge in [0.05, 0.1) is 5.69 Å². The van der Waals surface area contributed by atoms with Crippen molar-refractivity contribution in [1.29, 1.82) is 0 Å². The summed E-state index contributed by atoms with van der Waals surface area (Å²) in [6, 6.07) is 16.2. The van der Waals surface area contributed by atoms with Crippen LogP contribution in [0.5, 0.6) is 0 Å². The first-order chi connectivity index (χ1) is 12.9. The number of halogens is 1. The molecule has 0 amide bonds. The summed E-state index contributed by atoms with van der Waals surface area (Å²) in [4.78, 5) is 18.9. The predicted molar refractivity (Wildman–Crippen MR) is 113 cm³/mol. The van der Waals surface area contributed by atoms with Crippen LogP contribution < -0.4 is 0 Å². The van der Waals surface area contributed by atoms with Crippen LogP contribution in [0.15, 0.2) is 61.2 Å². The van der Waals surface area contributed by atoms with E-state index in [1.807, 2.05) is 42.5 Å². The van der Waals surface area contributed by atoms with Crippen LogP contribution in [0.2, 0.25) is 0 Å². The molecule has 0 aliphatic rings. The van der Waals surface area contributed by atoms with Crippen molar-refractivity contribution < 1.29 is 4.79 Å². The van der Waals surface area contributed by atoms with Gasteiger partial charge in [-0.15, -0.1) is 6.58 Å². The maximum absolute atomic E-state index is 11.8. The smallest absolute Gasteiger partial charge is 0.226 e. The molecule has 2 N–H and O–H groups in total. The molecule has 4 aromatic rings. The third kappa shape index (κ3) is 2.88. The molecule has 0 spiro atoms. The number of benzene rings is 2. The molecule has 0 unspecified atom stereocenters. The molecule has 2 aromatic carbocycles. The monoisotopic (exact) mass is 376 g/mol. The van der Waals surface area contributed by atoms with Crippen LogP contribution in [0.4, 0.5) is 0 Å². The lowest BCUT2D eigenvalue weighted by atomic mass is 9.85. The summed E-state index contributed by atoms with van der Waals surface area (Å²) in [7, 11) is 0. The van der Waals surface area contributed by atoms with Crippen LogP contribution in [-0.2, 0) is 16.6 Å². The first-order valence-electron chi connectivity index (χ1n) is 8.95. The third-order valence-electron chi connectivity index (χ3n) is 5.24. The number of fused-ring (bicyclic) bond motifs is 2. The van der Waals surface area contributed by atoms with E-state index < -0.39 is 0 Å². The fourth-order valence-corrected chi connectivity index (χ4v) is 3.86. The van der Waals surface area contributed by atoms with Crippen LogP contribution >= 0.6 is 11.6 Å². The molecule has 4 rings (SSSR count). The molecule has 2 aromatic heterocycles. The first-order valence-corrected chi connectivity index (χ1v) is 9.33. The van der Waals surface area contributed by atoms with E-state index in [1.165, 1.54) is 0 Å². The minimum Gasteiger partial charge on any atom is -0.357 e. The molecule has 0 saturated carbocycles. The Bertz CT molecular complexity index is 1180. The summed E-state index contributed by atoms with van der Waals surface area (Å²) in [5, 5.41) is 1.76. The second-order valence-corrected chi connectivity index (χ2v) is 7.82. The molecule has 0 aliphatic heterocycles. The number of allylic oxidation sites excluding steroid dienone is 1. The van der Waals surface area contributed by atoms with Gasteiger partial charge in [0.2, 0.25) is 5.24 Å². The predicted octanol–water partition coefficient (Wildman–Crippen LogP) is 6.09. The van der Waals surface area contributed by atoms with E-state index >= 15 is 0 Å². The fourth-order valence-electron chi connectivity index (χ4n) is 3.72. The molecule has 4 heteroatoms. The molecule has 0 saturated heterocycles. The van der Waals surface area contributed by atoms with Gasteiger partial charge in [-0.3, -0.25) is 4.79 Å². The van der Waals surface area contributed by atoms with Gasteiger partial charge in [0.15, 0.2) is 0 Å². The van der Waals surface area contributed by atoms with Gasteiger partial charge in [-0.25, -0.2) is 0 Å². The van der Waals surface area contributed by atoms with Crippen molar-refractivity contribution in [1.82, 2.24) is 9.97 Å². The Morgan fingerprint density at radius 2 is 1.63 bits per heavy atom. The molecule has 0 radical (unpaired) electrons. The maximum atomic E-state index is 11.8. The first kappa shape index (κ1) is 17.6. The molecule has 2 heterocycles. The molecule has 27 heavy (non-hydrogen) atoms. The van der Waals surface area contributed by atoms with Crippen molar-refractivity contribution in [3.63, 3.8) is 0 Å². The highest BCUT2D eigenvalue weighted by Gasteiger charge is 2.28. The van der Waals surface area contributed by atoms with E-state index in [-0.39, 0.29) is 17.1 Å². The number of rotatable bonds is 5. The number of aromatic amines is 2. The van der Waals surface area contributed by atoms with Gasteiger partial charge in [-0.1, -0.05) is 56.3 Å². The zero-order valence-electron chi connectivity index (χ0n) is 15.4. The number of para-hydroxylation sites is 2. The number of H-pyrrole nitrogens is 2. The zero-order valence-corrected chi connectivity index (χ0v) is 16.2. The Labute approximate surface area is 163 Å². The lowest BCUT2D eigenvalue weighted by Gasteiger charge is -2.21. The number of carbonyl (C=O) groups is 1. The summed E-state index contributed by atoms with van der Waals surface area (Å²) in [5.41, 5.74) is 5.78. The summed E-state index contributed by atoms with van der Waals surface area (Å²) in [5.74, 6) is 0. The second-order valence-electron chi connectivity index (χ2n) is 7.40. The van der Waals surface area contributed by atoms with E-state index in [4.69, 9.17) is 11.6 Å². The van der Waals surface area contributed by atoms with Crippen molar-refractivity contribution in [2.24, 2.45) is 0 Å². The quantitative estimate of drug-likeness (QED) is 0.321. The van der Waals surface area contributed by atoms with Gasteiger partial charge in [0.25, 0.3) is 0 Å². The standard InChI is InChI=1S/C23H21ClN2O/c1-4-23(2,3)22-20(15-10-6-8-12-18(15)26-22)21-16(13-19(24)27)14-9-5-7-11-17(14)25-21/h4-12,25-26H,1,13H2,2-3H3. The Morgan fingerprint density at radius 1 is 1.04 bits per heavy atom. The van der Waals surface area contributed by atoms with Gasteiger partial charge in [0.1, 0.15) is 0 Å². The highest BCUT2D eigenvalue weighted by atomic mass is 35.5. The van der Waals surface area contributed by atoms with Crippen LogP contribution in [0.3, 0.4) is 0 Å². The number of hydrogen-bond acceptors (Lipinski definition) is 1. The van der Waals surface area contributed by atoms with Crippen molar-refractivity contribution in [3.05, 3.63) is 72.4 Å². The molecule has 3 nitrogen and oxygen atoms in total. The SMILES string of the molecule is C=CC(C)(C)c1[nH]c2ccccc2c1-c1[nH]c2ccccc2c1CC(=O)Cl. The van der Waals surface area contributed by atoms with Crippen LogP contribution in [0.1, 0.15) is 25.1 Å². The van der Waals surface area contributed by atoms with E-state index in [0.29, 0.717) is 0 Å². The molecule has 0 bridgehead atoms. The normalized spacial score (nSPS) is 12.0. The van der Waals surface area contributed by atoms with Crippen LogP contribution in [0.25, 0.3) is 33.1 Å². The van der Waals surface area contributed by atoms with Crippen LogP contribution in [-0.4, -0.2) is 15.2 Å². The highest BCUT2D eigenvalue weighted by Crippen LogP contribution is 2.42. The lowest BCUT2D eigenvalue weighted by Crippen LogP contribution is -2.15. The third-order valence-corrected chi connectivity index (χ3v) is 5.37. The van der Waals surface area contributed by atoms with Crippen molar-refractivity contribution in [3.8, 4) is 11.3 Å². The Morgan fingerprint density at radius 3 is 2.26 bits per heavy atom. The van der Waals surface area contributed by atoms with Crippen LogP contribution in [0, 0.1) is 0 Å². The Kier molecular flexibility index (Phi) is 4.20. The van der Waals surface area contributed by atoms with Gasteiger partial charge in [-0.05, 0) is 29.3 Å². The number of aromatic nitrogens is 2. The van der Waals surface area contributed by atoms with Crippen molar-refractivity contribution in [2.45, 2.75) is 25.7 Å². The summed E-state index contributed by atoms with van der Waals surface area (Å²) in [6.07, 6.45) is 2.12. The molecule has 0 aliphatic carbocycles. The molecular weight excluding hydrogens is 356 g/mol. The summed E-state index contributed by atoms with van der Waals surface area (Å²) < 4.78 is 0. The van der Waals surface area contributed by atoms with E-state index in [0.717, 1.165) is 44.3 Å².